The first kappa shape index (κ1) is 20.6. The van der Waals surface area contributed by atoms with Gasteiger partial charge in [0, 0.05) is 37.8 Å². The molecule has 1 saturated heterocycles. The van der Waals surface area contributed by atoms with E-state index in [0.29, 0.717) is 19.1 Å². The number of guanidine groups is 1. The van der Waals surface area contributed by atoms with E-state index >= 15 is 0 Å². The normalized spacial score (nSPS) is 14.7. The number of aromatic nitrogens is 1. The zero-order valence-electron chi connectivity index (χ0n) is 14.7. The maximum absolute atomic E-state index is 6.10. The molecule has 1 aromatic carbocycles. The van der Waals surface area contributed by atoms with Gasteiger partial charge in [-0.05, 0) is 24.3 Å². The molecule has 0 unspecified atom stereocenters. The Labute approximate surface area is 174 Å². The van der Waals surface area contributed by atoms with E-state index in [-0.39, 0.29) is 24.0 Å². The quantitative estimate of drug-likeness (QED) is 0.291. The molecule has 0 radical (unpaired) electrons. The predicted octanol–water partition coefficient (Wildman–Crippen LogP) is 2.29. The highest BCUT2D eigenvalue weighted by Crippen LogP contribution is 2.19. The first-order valence-corrected chi connectivity index (χ1v) is 9.10. The van der Waals surface area contributed by atoms with Gasteiger partial charge >= 0.3 is 0 Å². The van der Waals surface area contributed by atoms with Crippen molar-refractivity contribution in [3.05, 3.63) is 35.8 Å². The van der Waals surface area contributed by atoms with Crippen molar-refractivity contribution in [2.24, 2.45) is 10.7 Å². The lowest BCUT2D eigenvalue weighted by Gasteiger charge is -2.35. The van der Waals surface area contributed by atoms with Gasteiger partial charge in [-0.1, -0.05) is 0 Å². The van der Waals surface area contributed by atoms with Crippen molar-refractivity contribution in [3.8, 4) is 11.5 Å². The van der Waals surface area contributed by atoms with E-state index in [9.17, 15) is 0 Å². The van der Waals surface area contributed by atoms with E-state index in [0.717, 1.165) is 42.8 Å². The monoisotopic (exact) mass is 489 g/mol. The molecule has 2 heterocycles. The van der Waals surface area contributed by atoms with Gasteiger partial charge < -0.3 is 25.0 Å². The standard InChI is InChI=1S/C17H23N5O2S.HI/c1-23-14-2-4-15(5-3-14)24-12-6-19-16(18)21-8-10-22(11-9-21)17-20-7-13-25-17;/h2-5,7,13H,6,8-12H2,1H3,(H2,18,19);1H. The Hall–Kier alpha value is -1.75. The number of ether oxygens (including phenoxy) is 2. The van der Waals surface area contributed by atoms with Gasteiger partial charge in [0.15, 0.2) is 11.1 Å². The van der Waals surface area contributed by atoms with Crippen LogP contribution in [-0.4, -0.2) is 62.3 Å². The Morgan fingerprint density at radius 3 is 2.50 bits per heavy atom. The number of anilines is 1. The zero-order chi connectivity index (χ0) is 17.5. The Morgan fingerprint density at radius 2 is 1.88 bits per heavy atom. The fourth-order valence-corrected chi connectivity index (χ4v) is 3.29. The topological polar surface area (TPSA) is 76.2 Å². The highest BCUT2D eigenvalue weighted by Gasteiger charge is 2.19. The summed E-state index contributed by atoms with van der Waals surface area (Å²) in [5, 5.41) is 3.07. The van der Waals surface area contributed by atoms with Crippen LogP contribution in [0.3, 0.4) is 0 Å². The zero-order valence-corrected chi connectivity index (χ0v) is 17.9. The largest absolute Gasteiger partial charge is 0.497 e. The van der Waals surface area contributed by atoms with Crippen LogP contribution in [0.1, 0.15) is 0 Å². The van der Waals surface area contributed by atoms with Gasteiger partial charge in [0.2, 0.25) is 0 Å². The van der Waals surface area contributed by atoms with Crippen LogP contribution in [0.4, 0.5) is 5.13 Å². The van der Waals surface area contributed by atoms with Crippen LogP contribution in [0.15, 0.2) is 40.8 Å². The molecule has 3 rings (SSSR count). The summed E-state index contributed by atoms with van der Waals surface area (Å²) in [4.78, 5) is 13.2. The molecule has 2 aromatic rings. The van der Waals surface area contributed by atoms with Crippen LogP contribution < -0.4 is 20.1 Å². The van der Waals surface area contributed by atoms with E-state index in [1.54, 1.807) is 18.4 Å². The van der Waals surface area contributed by atoms with Crippen LogP contribution in [0, 0.1) is 0 Å². The third kappa shape index (κ3) is 5.63. The molecule has 2 N–H and O–H groups in total. The van der Waals surface area contributed by atoms with Crippen molar-refractivity contribution in [3.63, 3.8) is 0 Å². The molecule has 0 aliphatic carbocycles. The number of benzene rings is 1. The number of hydrogen-bond acceptors (Lipinski definition) is 6. The van der Waals surface area contributed by atoms with Gasteiger partial charge in [-0.2, -0.15) is 0 Å². The summed E-state index contributed by atoms with van der Waals surface area (Å²) in [6.45, 7) is 4.55. The molecule has 9 heteroatoms. The fraction of sp³-hybridized carbons (Fsp3) is 0.412. The molecule has 0 spiro atoms. The maximum Gasteiger partial charge on any atom is 0.191 e. The van der Waals surface area contributed by atoms with E-state index in [2.05, 4.69) is 19.8 Å². The first-order valence-electron chi connectivity index (χ1n) is 8.22. The summed E-state index contributed by atoms with van der Waals surface area (Å²) in [5.74, 6) is 2.19. The smallest absolute Gasteiger partial charge is 0.191 e. The summed E-state index contributed by atoms with van der Waals surface area (Å²) in [7, 11) is 1.64. The lowest BCUT2D eigenvalue weighted by Crippen LogP contribution is -2.51. The third-order valence-corrected chi connectivity index (χ3v) is 4.82. The molecule has 1 aliphatic rings. The second kappa shape index (κ2) is 10.4. The van der Waals surface area contributed by atoms with E-state index in [4.69, 9.17) is 15.2 Å². The Kier molecular flexibility index (Phi) is 8.23. The minimum absolute atomic E-state index is 0. The number of methoxy groups -OCH3 is 1. The van der Waals surface area contributed by atoms with Crippen LogP contribution in [0.5, 0.6) is 11.5 Å². The van der Waals surface area contributed by atoms with Gasteiger partial charge in [-0.25, -0.2) is 9.98 Å². The minimum Gasteiger partial charge on any atom is -0.497 e. The van der Waals surface area contributed by atoms with Crippen LogP contribution in [-0.2, 0) is 0 Å². The predicted molar refractivity (Wildman–Crippen MR) is 116 cm³/mol. The van der Waals surface area contributed by atoms with Crippen molar-refractivity contribution in [2.45, 2.75) is 0 Å². The van der Waals surface area contributed by atoms with Crippen molar-refractivity contribution in [2.75, 3.05) is 51.3 Å². The van der Waals surface area contributed by atoms with Gasteiger partial charge in [0.25, 0.3) is 0 Å². The fourth-order valence-electron chi connectivity index (χ4n) is 2.59. The van der Waals surface area contributed by atoms with Crippen LogP contribution >= 0.6 is 35.3 Å². The Morgan fingerprint density at radius 1 is 1.19 bits per heavy atom. The molecule has 1 aromatic heterocycles. The molecule has 1 aliphatic heterocycles. The number of nitrogens with zero attached hydrogens (tertiary/aromatic N) is 4. The second-order valence-electron chi connectivity index (χ2n) is 5.55. The number of halogens is 1. The van der Waals surface area contributed by atoms with Gasteiger partial charge in [-0.3, -0.25) is 0 Å². The number of hydrogen-bond donors (Lipinski definition) is 1. The van der Waals surface area contributed by atoms with Crippen molar-refractivity contribution in [1.82, 2.24) is 9.88 Å². The van der Waals surface area contributed by atoms with Crippen molar-refractivity contribution < 1.29 is 9.47 Å². The lowest BCUT2D eigenvalue weighted by atomic mass is 10.3. The summed E-state index contributed by atoms with van der Waals surface area (Å²) >= 11 is 1.67. The molecule has 26 heavy (non-hydrogen) atoms. The molecule has 0 amide bonds. The highest BCUT2D eigenvalue weighted by molar-refractivity contribution is 14.0. The molecular weight excluding hydrogens is 465 g/mol. The molecule has 7 nitrogen and oxygen atoms in total. The highest BCUT2D eigenvalue weighted by atomic mass is 127. The summed E-state index contributed by atoms with van der Waals surface area (Å²) < 4.78 is 10.8. The van der Waals surface area contributed by atoms with E-state index in [1.807, 2.05) is 35.8 Å². The van der Waals surface area contributed by atoms with Crippen LogP contribution in [0.25, 0.3) is 0 Å². The molecule has 0 atom stereocenters. The SMILES string of the molecule is COc1ccc(OCCN=C(N)N2CCN(c3nccs3)CC2)cc1.I. The average Bonchev–Trinajstić information content (AvgIpc) is 3.20. The Bertz CT molecular complexity index is 673. The maximum atomic E-state index is 6.10. The molecule has 1 fully saturated rings. The number of aliphatic imine (C=N–C) groups is 1. The number of nitrogens with two attached hydrogens (primary N) is 1. The summed E-state index contributed by atoms with van der Waals surface area (Å²) in [5.41, 5.74) is 6.10. The number of thiazole rings is 1. The molecule has 0 bridgehead atoms. The van der Waals surface area contributed by atoms with Crippen LogP contribution in [0.2, 0.25) is 0 Å². The molecule has 0 saturated carbocycles. The molecular formula is C17H24IN5O2S. The second-order valence-corrected chi connectivity index (χ2v) is 6.43. The average molecular weight is 489 g/mol. The Balaban J connectivity index is 0.00000243. The van der Waals surface area contributed by atoms with Crippen molar-refractivity contribution in [1.29, 1.82) is 0 Å². The lowest BCUT2D eigenvalue weighted by molar-refractivity contribution is 0.325. The first-order chi connectivity index (χ1) is 12.3. The number of piperazine rings is 1. The number of rotatable bonds is 6. The van der Waals surface area contributed by atoms with Gasteiger partial charge in [0.1, 0.15) is 18.1 Å². The van der Waals surface area contributed by atoms with E-state index < -0.39 is 0 Å². The summed E-state index contributed by atoms with van der Waals surface area (Å²) in [6.07, 6.45) is 1.84. The minimum atomic E-state index is 0. The molecule has 142 valence electrons. The van der Waals surface area contributed by atoms with Gasteiger partial charge in [0.05, 0.1) is 13.7 Å². The van der Waals surface area contributed by atoms with E-state index in [1.165, 1.54) is 0 Å². The van der Waals surface area contributed by atoms with Gasteiger partial charge in [-0.15, -0.1) is 35.3 Å². The summed E-state index contributed by atoms with van der Waals surface area (Å²) in [6, 6.07) is 7.50. The third-order valence-electron chi connectivity index (χ3n) is 3.99. The van der Waals surface area contributed by atoms with Crippen molar-refractivity contribution >= 4 is 46.4 Å².